The lowest BCUT2D eigenvalue weighted by Gasteiger charge is -2.33. The van der Waals surface area contributed by atoms with Crippen molar-refractivity contribution in [1.29, 1.82) is 15.8 Å². The Morgan fingerprint density at radius 3 is 1.72 bits per heavy atom. The molecule has 2 atom stereocenters. The van der Waals surface area contributed by atoms with Gasteiger partial charge in [0.15, 0.2) is 12.4 Å². The first kappa shape index (κ1) is 36.1. The Kier molecular flexibility index (Phi) is 9.34. The van der Waals surface area contributed by atoms with Crippen LogP contribution in [0.15, 0.2) is 78.9 Å². The zero-order valence-corrected chi connectivity index (χ0v) is 29.4. The van der Waals surface area contributed by atoms with E-state index in [1.807, 2.05) is 30.3 Å². The van der Waals surface area contributed by atoms with Gasteiger partial charge in [-0.1, -0.05) is 48.0 Å². The molecule has 0 aromatic heterocycles. The average Bonchev–Trinajstić information content (AvgIpc) is 3.78. The molecule has 2 amide bonds. The number of anilines is 2. The molecule has 0 aliphatic carbocycles. The van der Waals surface area contributed by atoms with Crippen molar-refractivity contribution >= 4 is 34.8 Å². The van der Waals surface area contributed by atoms with Crippen molar-refractivity contribution in [3.05, 3.63) is 101 Å². The molecule has 2 fully saturated rings. The topological polar surface area (TPSA) is 145 Å². The lowest BCUT2D eigenvalue weighted by Crippen LogP contribution is -2.43. The number of rotatable bonds is 3. The first-order valence-corrected chi connectivity index (χ1v) is 17.4. The number of benzene rings is 4. The van der Waals surface area contributed by atoms with E-state index in [-0.39, 0.29) is 22.6 Å². The average molecular weight is 750 g/mol. The number of fused-ring (bicyclic) bond motifs is 2. The van der Waals surface area contributed by atoms with Crippen LogP contribution in [0.3, 0.4) is 0 Å². The molecule has 0 saturated carbocycles. The summed E-state index contributed by atoms with van der Waals surface area (Å²) in [6.45, 7) is 2.05. The molecule has 2 spiro atoms. The second-order valence-corrected chi connectivity index (χ2v) is 14.4. The number of hydrogen-bond acceptors (Lipinski definition) is 8. The maximum absolute atomic E-state index is 12.7. The SMILES string of the molecule is N#CN1CCC2(Cc3ccc(-c4cc(OC(F)(F)F)ccc4Cl)cc3NC2=O)C1.N#Cc1ccc(-c2ccc3c(c2)NC(=O)C2(CCN(C#N)C2)C3)cc1. The number of ether oxygens (including phenoxy) is 1. The van der Waals surface area contributed by atoms with Gasteiger partial charge in [-0.15, -0.1) is 13.2 Å². The molecule has 2 N–H and O–H groups in total. The smallest absolute Gasteiger partial charge is 0.406 e. The summed E-state index contributed by atoms with van der Waals surface area (Å²) in [5, 5.41) is 33.3. The molecule has 4 aliphatic rings. The molecule has 2 saturated heterocycles. The zero-order valence-electron chi connectivity index (χ0n) is 28.6. The highest BCUT2D eigenvalue weighted by molar-refractivity contribution is 6.33. The van der Waals surface area contributed by atoms with E-state index in [1.54, 1.807) is 34.1 Å². The summed E-state index contributed by atoms with van der Waals surface area (Å²) in [5.41, 5.74) is 5.88. The normalized spacial score (nSPS) is 21.1. The summed E-state index contributed by atoms with van der Waals surface area (Å²) >= 11 is 6.18. The largest absolute Gasteiger partial charge is 0.573 e. The van der Waals surface area contributed by atoms with Gasteiger partial charge >= 0.3 is 6.36 Å². The fourth-order valence-electron chi connectivity index (χ4n) is 7.68. The molecular formula is C40H31ClF3N7O3. The number of alkyl halides is 3. The molecule has 54 heavy (non-hydrogen) atoms. The van der Waals surface area contributed by atoms with Crippen molar-refractivity contribution in [3.8, 4) is 46.5 Å². The van der Waals surface area contributed by atoms with E-state index in [4.69, 9.17) is 27.4 Å². The van der Waals surface area contributed by atoms with Gasteiger partial charge in [0.2, 0.25) is 11.8 Å². The zero-order chi connectivity index (χ0) is 38.3. The van der Waals surface area contributed by atoms with Gasteiger partial charge in [-0.3, -0.25) is 9.59 Å². The van der Waals surface area contributed by atoms with Gasteiger partial charge in [0.05, 0.1) is 22.5 Å². The van der Waals surface area contributed by atoms with Gasteiger partial charge in [-0.2, -0.15) is 15.8 Å². The number of likely N-dealkylation sites (tertiary alicyclic amines) is 2. The van der Waals surface area contributed by atoms with Gasteiger partial charge in [0.1, 0.15) is 5.75 Å². The van der Waals surface area contributed by atoms with Crippen LogP contribution < -0.4 is 15.4 Å². The third-order valence-corrected chi connectivity index (χ3v) is 10.9. The molecule has 4 aromatic carbocycles. The molecule has 272 valence electrons. The predicted octanol–water partition coefficient (Wildman–Crippen LogP) is 7.47. The molecule has 4 aliphatic heterocycles. The molecule has 4 aromatic rings. The number of hydrogen-bond donors (Lipinski definition) is 2. The van der Waals surface area contributed by atoms with Crippen LogP contribution >= 0.6 is 11.6 Å². The van der Waals surface area contributed by atoms with Gasteiger partial charge in [-0.25, -0.2) is 0 Å². The second-order valence-electron chi connectivity index (χ2n) is 14.0. The van der Waals surface area contributed by atoms with Crippen molar-refractivity contribution in [2.24, 2.45) is 10.8 Å². The summed E-state index contributed by atoms with van der Waals surface area (Å²) in [6, 6.07) is 24.6. The van der Waals surface area contributed by atoms with Crippen LogP contribution in [0, 0.1) is 45.1 Å². The fourth-order valence-corrected chi connectivity index (χ4v) is 7.90. The van der Waals surface area contributed by atoms with E-state index in [9.17, 15) is 22.8 Å². The number of nitriles is 3. The third-order valence-electron chi connectivity index (χ3n) is 10.6. The van der Waals surface area contributed by atoms with E-state index in [2.05, 4.69) is 39.9 Å². The van der Waals surface area contributed by atoms with Crippen molar-refractivity contribution in [3.63, 3.8) is 0 Å². The Morgan fingerprint density at radius 1 is 0.704 bits per heavy atom. The third kappa shape index (κ3) is 7.09. The number of amides is 2. The Morgan fingerprint density at radius 2 is 1.22 bits per heavy atom. The monoisotopic (exact) mass is 749 g/mol. The number of halogens is 4. The van der Waals surface area contributed by atoms with Gasteiger partial charge in [0, 0.05) is 48.1 Å². The molecule has 10 nitrogen and oxygen atoms in total. The van der Waals surface area contributed by atoms with Gasteiger partial charge < -0.3 is 25.2 Å². The first-order chi connectivity index (χ1) is 25.8. The maximum atomic E-state index is 12.7. The highest BCUT2D eigenvalue weighted by Crippen LogP contribution is 2.44. The van der Waals surface area contributed by atoms with E-state index in [0.717, 1.165) is 34.0 Å². The van der Waals surface area contributed by atoms with Crippen LogP contribution in [0.4, 0.5) is 24.5 Å². The number of nitrogens with one attached hydrogen (secondary N) is 2. The van der Waals surface area contributed by atoms with Gasteiger partial charge in [0.25, 0.3) is 0 Å². The Bertz CT molecular complexity index is 2300. The summed E-state index contributed by atoms with van der Waals surface area (Å²) in [5.74, 6) is -0.518. The minimum absolute atomic E-state index is 0.00901. The molecule has 0 radical (unpaired) electrons. The van der Waals surface area contributed by atoms with E-state index in [0.29, 0.717) is 74.2 Å². The van der Waals surface area contributed by atoms with E-state index in [1.165, 1.54) is 12.1 Å². The second kappa shape index (κ2) is 14.0. The van der Waals surface area contributed by atoms with Crippen LogP contribution in [0.5, 0.6) is 5.75 Å². The van der Waals surface area contributed by atoms with Crippen molar-refractivity contribution in [1.82, 2.24) is 9.80 Å². The van der Waals surface area contributed by atoms with Crippen LogP contribution in [0.25, 0.3) is 22.3 Å². The highest BCUT2D eigenvalue weighted by Gasteiger charge is 2.48. The maximum Gasteiger partial charge on any atom is 0.573 e. The van der Waals surface area contributed by atoms with Crippen LogP contribution in [0.2, 0.25) is 5.02 Å². The lowest BCUT2D eigenvalue weighted by molar-refractivity contribution is -0.274. The molecular weight excluding hydrogens is 719 g/mol. The summed E-state index contributed by atoms with van der Waals surface area (Å²) in [4.78, 5) is 28.7. The highest BCUT2D eigenvalue weighted by atomic mass is 35.5. The van der Waals surface area contributed by atoms with Gasteiger partial charge in [-0.05, 0) is 96.0 Å². The van der Waals surface area contributed by atoms with Crippen molar-refractivity contribution < 1.29 is 27.5 Å². The van der Waals surface area contributed by atoms with E-state index >= 15 is 0 Å². The number of nitrogens with zero attached hydrogens (tertiary/aromatic N) is 5. The van der Waals surface area contributed by atoms with Crippen molar-refractivity contribution in [2.45, 2.75) is 32.0 Å². The van der Waals surface area contributed by atoms with Crippen molar-refractivity contribution in [2.75, 3.05) is 36.8 Å². The van der Waals surface area contributed by atoms with E-state index < -0.39 is 17.2 Å². The summed E-state index contributed by atoms with van der Waals surface area (Å²) in [6.07, 6.45) is 1.90. The fraction of sp³-hybridized carbons (Fsp3) is 0.275. The number of carbonyl (C=O) groups is 2. The minimum atomic E-state index is -4.80. The molecule has 14 heteroatoms. The van der Waals surface area contributed by atoms with Crippen LogP contribution in [0.1, 0.15) is 29.5 Å². The summed E-state index contributed by atoms with van der Waals surface area (Å²) in [7, 11) is 0. The Labute approximate surface area is 313 Å². The Hall–Kier alpha value is -6.23. The Balaban J connectivity index is 0.000000168. The van der Waals surface area contributed by atoms with Crippen LogP contribution in [-0.4, -0.2) is 54.2 Å². The number of carbonyl (C=O) groups excluding carboxylic acids is 2. The standard InChI is InChI=1S/C20H15ClF3N3O2.C20H16N4O/c21-16-4-3-14(29-20(22,23)24)8-15(16)12-1-2-13-9-19(5-6-27(10-19)11-25)18(28)26-17(13)7-12;21-11-14-1-3-15(4-2-14)16-5-6-17-10-20(7-8-24(12-20)13-22)19(25)23-18(17)9-16/h1-4,7-8H,5-6,9-10H2,(H,26,28);1-6,9H,7-8,10,12H2,(H,23,25). The molecule has 2 unspecified atom stereocenters. The molecule has 0 bridgehead atoms. The summed E-state index contributed by atoms with van der Waals surface area (Å²) < 4.78 is 41.5. The predicted molar refractivity (Wildman–Crippen MR) is 193 cm³/mol. The minimum Gasteiger partial charge on any atom is -0.406 e. The quantitative estimate of drug-likeness (QED) is 0.205. The first-order valence-electron chi connectivity index (χ1n) is 17.1. The van der Waals surface area contributed by atoms with Crippen LogP contribution in [-0.2, 0) is 22.4 Å². The molecule has 4 heterocycles. The molecule has 8 rings (SSSR count). The lowest BCUT2D eigenvalue weighted by atomic mass is 9.76.